The summed E-state index contributed by atoms with van der Waals surface area (Å²) < 4.78 is 5.31. The van der Waals surface area contributed by atoms with Crippen LogP contribution in [-0.4, -0.2) is 38.3 Å². The number of aliphatic imine (C=N–C) groups is 1. The minimum Gasteiger partial charge on any atom is -0.377 e. The highest BCUT2D eigenvalue weighted by atomic mass is 16.5. The second-order valence-corrected chi connectivity index (χ2v) is 4.18. The molecule has 4 nitrogen and oxygen atoms in total. The van der Waals surface area contributed by atoms with Crippen LogP contribution in [0, 0.1) is 0 Å². The van der Waals surface area contributed by atoms with Gasteiger partial charge in [-0.05, 0) is 26.7 Å². The van der Waals surface area contributed by atoms with E-state index >= 15 is 0 Å². The number of rotatable bonds is 3. The molecule has 0 spiro atoms. The van der Waals surface area contributed by atoms with Crippen molar-refractivity contribution in [3.63, 3.8) is 0 Å². The molecular formula is C10H21N3O. The standard InChI is InChI=1S/C10H21N3O/c1-10(2,14-3)8-13-9-11-6-4-5-7-12-9/h4-8H2,1-3H3,(H2,11,12,13). The fraction of sp³-hybridized carbons (Fsp3) is 0.900. The summed E-state index contributed by atoms with van der Waals surface area (Å²) in [6.07, 6.45) is 2.37. The first kappa shape index (κ1) is 11.3. The summed E-state index contributed by atoms with van der Waals surface area (Å²) in [5.41, 5.74) is -0.142. The van der Waals surface area contributed by atoms with Gasteiger partial charge in [0.2, 0.25) is 0 Å². The third-order valence-electron chi connectivity index (χ3n) is 2.38. The van der Waals surface area contributed by atoms with E-state index in [2.05, 4.69) is 29.5 Å². The number of guanidine groups is 1. The third-order valence-corrected chi connectivity index (χ3v) is 2.38. The first-order valence-electron chi connectivity index (χ1n) is 5.21. The zero-order valence-corrected chi connectivity index (χ0v) is 9.39. The van der Waals surface area contributed by atoms with Crippen LogP contribution in [-0.2, 0) is 4.74 Å². The molecule has 0 aromatic carbocycles. The van der Waals surface area contributed by atoms with Crippen LogP contribution in [0.3, 0.4) is 0 Å². The third kappa shape index (κ3) is 3.96. The summed E-state index contributed by atoms with van der Waals surface area (Å²) in [7, 11) is 1.73. The van der Waals surface area contributed by atoms with Gasteiger partial charge in [-0.25, -0.2) is 0 Å². The number of ether oxygens (including phenoxy) is 1. The quantitative estimate of drug-likeness (QED) is 0.704. The van der Waals surface area contributed by atoms with Gasteiger partial charge in [-0.3, -0.25) is 4.99 Å². The van der Waals surface area contributed by atoms with Crippen molar-refractivity contribution in [3.8, 4) is 0 Å². The van der Waals surface area contributed by atoms with Crippen LogP contribution in [0.1, 0.15) is 26.7 Å². The predicted molar refractivity (Wildman–Crippen MR) is 58.6 cm³/mol. The summed E-state index contributed by atoms with van der Waals surface area (Å²) in [5, 5.41) is 6.53. The molecule has 14 heavy (non-hydrogen) atoms. The molecule has 0 aromatic heterocycles. The molecule has 82 valence electrons. The largest absolute Gasteiger partial charge is 0.377 e. The molecule has 0 atom stereocenters. The zero-order valence-electron chi connectivity index (χ0n) is 9.39. The lowest BCUT2D eigenvalue weighted by atomic mass is 10.1. The lowest BCUT2D eigenvalue weighted by Gasteiger charge is -2.24. The molecule has 0 unspecified atom stereocenters. The van der Waals surface area contributed by atoms with E-state index in [4.69, 9.17) is 4.74 Å². The van der Waals surface area contributed by atoms with Crippen LogP contribution in [0.2, 0.25) is 0 Å². The van der Waals surface area contributed by atoms with Crippen molar-refractivity contribution in [1.29, 1.82) is 0 Å². The van der Waals surface area contributed by atoms with E-state index in [1.54, 1.807) is 7.11 Å². The van der Waals surface area contributed by atoms with E-state index in [-0.39, 0.29) is 5.60 Å². The van der Waals surface area contributed by atoms with Crippen molar-refractivity contribution in [1.82, 2.24) is 10.6 Å². The van der Waals surface area contributed by atoms with Crippen LogP contribution in [0.5, 0.6) is 0 Å². The molecule has 0 amide bonds. The normalized spacial score (nSPS) is 18.1. The molecule has 1 aliphatic rings. The SMILES string of the molecule is COC(C)(C)CNC1=NCCCCN1. The highest BCUT2D eigenvalue weighted by Gasteiger charge is 2.16. The molecule has 0 fully saturated rings. The number of hydrogen-bond acceptors (Lipinski definition) is 4. The molecule has 0 aromatic rings. The Morgan fingerprint density at radius 2 is 2.29 bits per heavy atom. The highest BCUT2D eigenvalue weighted by Crippen LogP contribution is 2.04. The average molecular weight is 199 g/mol. The maximum absolute atomic E-state index is 5.31. The van der Waals surface area contributed by atoms with Gasteiger partial charge >= 0.3 is 0 Å². The topological polar surface area (TPSA) is 45.6 Å². The summed E-state index contributed by atoms with van der Waals surface area (Å²) in [4.78, 5) is 4.40. The Hall–Kier alpha value is -0.770. The Kier molecular flexibility index (Phi) is 4.20. The van der Waals surface area contributed by atoms with Gasteiger partial charge in [0.05, 0.1) is 5.60 Å². The average Bonchev–Trinajstić information content (AvgIpc) is 2.43. The van der Waals surface area contributed by atoms with Gasteiger partial charge < -0.3 is 15.4 Å². The van der Waals surface area contributed by atoms with Crippen molar-refractivity contribution in [3.05, 3.63) is 0 Å². The summed E-state index contributed by atoms with van der Waals surface area (Å²) in [6, 6.07) is 0. The van der Waals surface area contributed by atoms with Gasteiger partial charge in [-0.2, -0.15) is 0 Å². The van der Waals surface area contributed by atoms with Crippen LogP contribution < -0.4 is 10.6 Å². The maximum atomic E-state index is 5.31. The van der Waals surface area contributed by atoms with E-state index in [9.17, 15) is 0 Å². The minimum absolute atomic E-state index is 0.142. The van der Waals surface area contributed by atoms with Gasteiger partial charge in [0, 0.05) is 26.7 Å². The van der Waals surface area contributed by atoms with Crippen LogP contribution in [0.15, 0.2) is 4.99 Å². The highest BCUT2D eigenvalue weighted by molar-refractivity contribution is 5.79. The van der Waals surface area contributed by atoms with Crippen LogP contribution >= 0.6 is 0 Å². The molecule has 0 saturated carbocycles. The predicted octanol–water partition coefficient (Wildman–Crippen LogP) is 0.740. The van der Waals surface area contributed by atoms with Gasteiger partial charge in [-0.1, -0.05) is 0 Å². The number of nitrogens with zero attached hydrogens (tertiary/aromatic N) is 1. The first-order chi connectivity index (χ1) is 6.64. The van der Waals surface area contributed by atoms with Gasteiger partial charge in [-0.15, -0.1) is 0 Å². The maximum Gasteiger partial charge on any atom is 0.191 e. The summed E-state index contributed by atoms with van der Waals surface area (Å²) >= 11 is 0. The molecule has 2 N–H and O–H groups in total. The zero-order chi connectivity index (χ0) is 10.4. The minimum atomic E-state index is -0.142. The Morgan fingerprint density at radius 1 is 1.50 bits per heavy atom. The van der Waals surface area contributed by atoms with Crippen LogP contribution in [0.4, 0.5) is 0 Å². The smallest absolute Gasteiger partial charge is 0.191 e. The molecule has 0 aliphatic carbocycles. The number of hydrogen-bond donors (Lipinski definition) is 2. The molecule has 0 radical (unpaired) electrons. The monoisotopic (exact) mass is 199 g/mol. The van der Waals surface area contributed by atoms with Crippen molar-refractivity contribution in [2.75, 3.05) is 26.7 Å². The number of methoxy groups -OCH3 is 1. The van der Waals surface area contributed by atoms with E-state index in [1.807, 2.05) is 0 Å². The summed E-state index contributed by atoms with van der Waals surface area (Å²) in [6.45, 7) is 6.81. The fourth-order valence-electron chi connectivity index (χ4n) is 1.18. The second kappa shape index (κ2) is 5.20. The fourth-order valence-corrected chi connectivity index (χ4v) is 1.18. The van der Waals surface area contributed by atoms with E-state index < -0.39 is 0 Å². The van der Waals surface area contributed by atoms with Crippen LogP contribution in [0.25, 0.3) is 0 Å². The molecule has 4 heteroatoms. The Balaban J connectivity index is 2.32. The Labute approximate surface area is 86.1 Å². The molecule has 1 aliphatic heterocycles. The first-order valence-corrected chi connectivity index (χ1v) is 5.21. The lowest BCUT2D eigenvalue weighted by Crippen LogP contribution is -2.45. The van der Waals surface area contributed by atoms with Crippen molar-refractivity contribution in [2.24, 2.45) is 4.99 Å². The van der Waals surface area contributed by atoms with Gasteiger partial charge in [0.15, 0.2) is 5.96 Å². The lowest BCUT2D eigenvalue weighted by molar-refractivity contribution is 0.0268. The van der Waals surface area contributed by atoms with Gasteiger partial charge in [0.25, 0.3) is 0 Å². The number of nitrogens with one attached hydrogen (secondary N) is 2. The van der Waals surface area contributed by atoms with E-state index in [0.717, 1.165) is 25.6 Å². The van der Waals surface area contributed by atoms with Crippen molar-refractivity contribution >= 4 is 5.96 Å². The summed E-state index contributed by atoms with van der Waals surface area (Å²) in [5.74, 6) is 0.910. The van der Waals surface area contributed by atoms with E-state index in [0.29, 0.717) is 0 Å². The molecule has 1 rings (SSSR count). The van der Waals surface area contributed by atoms with Crippen molar-refractivity contribution < 1.29 is 4.74 Å². The molecular weight excluding hydrogens is 178 g/mol. The van der Waals surface area contributed by atoms with Gasteiger partial charge in [0.1, 0.15) is 0 Å². The van der Waals surface area contributed by atoms with Crippen molar-refractivity contribution in [2.45, 2.75) is 32.3 Å². The second-order valence-electron chi connectivity index (χ2n) is 4.18. The molecule has 1 heterocycles. The van der Waals surface area contributed by atoms with E-state index in [1.165, 1.54) is 12.8 Å². The molecule has 0 bridgehead atoms. The Morgan fingerprint density at radius 3 is 3.00 bits per heavy atom. The molecule has 0 saturated heterocycles. The Bertz CT molecular complexity index is 202.